The summed E-state index contributed by atoms with van der Waals surface area (Å²) < 4.78 is 5.74. The van der Waals surface area contributed by atoms with E-state index in [1.165, 1.54) is 32.1 Å². The minimum Gasteiger partial charge on any atom is -0.389 e. The zero-order valence-electron chi connectivity index (χ0n) is 16.0. The van der Waals surface area contributed by atoms with Crippen LogP contribution in [0.3, 0.4) is 0 Å². The highest BCUT2D eigenvalue weighted by molar-refractivity contribution is 4.89. The molecule has 2 bridgehead atoms. The molecular weight excluding hydrogens is 286 g/mol. The van der Waals surface area contributed by atoms with E-state index in [4.69, 9.17) is 4.74 Å². The second-order valence-electron chi connectivity index (χ2n) is 9.95. The summed E-state index contributed by atoms with van der Waals surface area (Å²) in [6.07, 6.45) is 7.68. The number of β-amino-alcohol motifs (C(OH)–C–C–N with tert-alkyl or cyclic N) is 1. The van der Waals surface area contributed by atoms with Gasteiger partial charge in [0.1, 0.15) is 0 Å². The molecule has 136 valence electrons. The molecule has 2 N–H and O–H groups in total. The molecule has 0 aromatic heterocycles. The lowest BCUT2D eigenvalue weighted by atomic mass is 9.82. The number of nitrogens with one attached hydrogen (secondary N) is 1. The first-order chi connectivity index (χ1) is 10.6. The molecule has 0 radical (unpaired) electrons. The molecule has 0 heterocycles. The molecule has 2 rings (SSSR count). The van der Waals surface area contributed by atoms with Gasteiger partial charge in [-0.25, -0.2) is 0 Å². The normalized spacial score (nSPS) is 29.2. The minimum absolute atomic E-state index is 0.0440. The van der Waals surface area contributed by atoms with Gasteiger partial charge < -0.3 is 15.2 Å². The Kier molecular flexibility index (Phi) is 6.55. The first kappa shape index (κ1) is 19.2. The van der Waals surface area contributed by atoms with Crippen molar-refractivity contribution in [2.24, 2.45) is 23.2 Å². The molecular formula is C20H39NO2. The van der Waals surface area contributed by atoms with Gasteiger partial charge in [0.2, 0.25) is 0 Å². The van der Waals surface area contributed by atoms with Crippen molar-refractivity contribution in [1.82, 2.24) is 5.32 Å². The van der Waals surface area contributed by atoms with E-state index < -0.39 is 6.10 Å². The second-order valence-corrected chi connectivity index (χ2v) is 9.95. The molecule has 0 aromatic carbocycles. The molecule has 2 aliphatic carbocycles. The first-order valence-electron chi connectivity index (χ1n) is 9.65. The van der Waals surface area contributed by atoms with Crippen molar-refractivity contribution in [3.8, 4) is 0 Å². The van der Waals surface area contributed by atoms with Crippen LogP contribution in [0.5, 0.6) is 0 Å². The maximum absolute atomic E-state index is 10.1. The van der Waals surface area contributed by atoms with Crippen LogP contribution < -0.4 is 5.32 Å². The van der Waals surface area contributed by atoms with E-state index >= 15 is 0 Å². The number of hydrogen-bond acceptors (Lipinski definition) is 3. The zero-order chi connectivity index (χ0) is 17.1. The van der Waals surface area contributed by atoms with Crippen molar-refractivity contribution in [3.05, 3.63) is 0 Å². The van der Waals surface area contributed by atoms with Crippen molar-refractivity contribution >= 4 is 0 Å². The van der Waals surface area contributed by atoms with Gasteiger partial charge >= 0.3 is 0 Å². The van der Waals surface area contributed by atoms with Crippen LogP contribution in [-0.4, -0.2) is 36.5 Å². The largest absolute Gasteiger partial charge is 0.389 e. The Balaban J connectivity index is 1.54. The van der Waals surface area contributed by atoms with Crippen LogP contribution in [0.4, 0.5) is 0 Å². The van der Waals surface area contributed by atoms with Crippen LogP contribution in [0.25, 0.3) is 0 Å². The van der Waals surface area contributed by atoms with Crippen molar-refractivity contribution < 1.29 is 9.84 Å². The molecule has 0 spiro atoms. The van der Waals surface area contributed by atoms with E-state index in [0.717, 1.165) is 30.8 Å². The number of aliphatic hydroxyl groups is 1. The van der Waals surface area contributed by atoms with Gasteiger partial charge in [-0.15, -0.1) is 0 Å². The lowest BCUT2D eigenvalue weighted by Crippen LogP contribution is -2.46. The fraction of sp³-hybridized carbons (Fsp3) is 1.00. The van der Waals surface area contributed by atoms with Gasteiger partial charge in [0.15, 0.2) is 0 Å². The topological polar surface area (TPSA) is 41.5 Å². The first-order valence-corrected chi connectivity index (χ1v) is 9.65. The molecule has 2 fully saturated rings. The predicted molar refractivity (Wildman–Crippen MR) is 96.5 cm³/mol. The van der Waals surface area contributed by atoms with Gasteiger partial charge in [0.05, 0.1) is 12.7 Å². The fourth-order valence-corrected chi connectivity index (χ4v) is 5.03. The standard InChI is InChI=1S/C20H39NO2/c1-19(2,3)14-20(4,5)21-12-18(22)13-23-9-8-17-11-15-6-7-16(17)10-15/h15-18,21-22H,6-14H2,1-5H3/t15-,16-,17-,18-/m1/s1. The van der Waals surface area contributed by atoms with Crippen LogP contribution in [-0.2, 0) is 4.74 Å². The highest BCUT2D eigenvalue weighted by Gasteiger charge is 2.38. The van der Waals surface area contributed by atoms with E-state index in [9.17, 15) is 5.11 Å². The molecule has 0 amide bonds. The number of ether oxygens (including phenoxy) is 1. The number of rotatable bonds is 9. The van der Waals surface area contributed by atoms with Gasteiger partial charge in [-0.3, -0.25) is 0 Å². The lowest BCUT2D eigenvalue weighted by molar-refractivity contribution is 0.0248. The van der Waals surface area contributed by atoms with Crippen LogP contribution >= 0.6 is 0 Å². The molecule has 0 aliphatic heterocycles. The quantitative estimate of drug-likeness (QED) is 0.630. The molecule has 23 heavy (non-hydrogen) atoms. The van der Waals surface area contributed by atoms with Crippen LogP contribution in [0.15, 0.2) is 0 Å². The van der Waals surface area contributed by atoms with E-state index in [1.807, 2.05) is 0 Å². The lowest BCUT2D eigenvalue weighted by Gasteiger charge is -2.34. The van der Waals surface area contributed by atoms with Gasteiger partial charge in [0, 0.05) is 18.7 Å². The van der Waals surface area contributed by atoms with Crippen molar-refractivity contribution in [1.29, 1.82) is 0 Å². The average Bonchev–Trinajstić information content (AvgIpc) is 3.01. The summed E-state index contributed by atoms with van der Waals surface area (Å²) in [6, 6.07) is 0. The molecule has 3 nitrogen and oxygen atoms in total. The molecule has 3 heteroatoms. The number of hydrogen-bond donors (Lipinski definition) is 2. The van der Waals surface area contributed by atoms with Crippen molar-refractivity contribution in [2.75, 3.05) is 19.8 Å². The van der Waals surface area contributed by atoms with E-state index in [0.29, 0.717) is 18.6 Å². The zero-order valence-corrected chi connectivity index (χ0v) is 16.0. The summed E-state index contributed by atoms with van der Waals surface area (Å²) in [5.41, 5.74) is 0.334. The summed E-state index contributed by atoms with van der Waals surface area (Å²) in [5.74, 6) is 2.90. The molecule has 0 aromatic rings. The predicted octanol–water partition coefficient (Wildman–Crippen LogP) is 3.99. The Morgan fingerprint density at radius 2 is 1.87 bits per heavy atom. The Labute approximate surface area is 143 Å². The van der Waals surface area contributed by atoms with Crippen LogP contribution in [0, 0.1) is 23.2 Å². The monoisotopic (exact) mass is 325 g/mol. The molecule has 2 aliphatic rings. The SMILES string of the molecule is CC(C)(C)CC(C)(C)NC[C@@H](O)COCC[C@@H]1C[C@@H]2CC[C@@H]1C2. The maximum Gasteiger partial charge on any atom is 0.0897 e. The number of aliphatic hydroxyl groups excluding tert-OH is 1. The van der Waals surface area contributed by atoms with Crippen molar-refractivity contribution in [2.45, 2.75) is 84.8 Å². The summed E-state index contributed by atoms with van der Waals surface area (Å²) in [7, 11) is 0. The van der Waals surface area contributed by atoms with Gasteiger partial charge in [-0.05, 0) is 69.1 Å². The Hall–Kier alpha value is -0.120. The minimum atomic E-state index is -0.408. The number of fused-ring (bicyclic) bond motifs is 2. The summed E-state index contributed by atoms with van der Waals surface area (Å²) in [4.78, 5) is 0. The maximum atomic E-state index is 10.1. The highest BCUT2D eigenvalue weighted by atomic mass is 16.5. The van der Waals surface area contributed by atoms with Crippen LogP contribution in [0.1, 0.15) is 73.1 Å². The third kappa shape index (κ3) is 6.72. The smallest absolute Gasteiger partial charge is 0.0897 e. The van der Waals surface area contributed by atoms with Crippen molar-refractivity contribution in [3.63, 3.8) is 0 Å². The Morgan fingerprint density at radius 1 is 1.13 bits per heavy atom. The Morgan fingerprint density at radius 3 is 2.43 bits per heavy atom. The third-order valence-corrected chi connectivity index (χ3v) is 5.62. The van der Waals surface area contributed by atoms with E-state index in [-0.39, 0.29) is 5.54 Å². The summed E-state index contributed by atoms with van der Waals surface area (Å²) >= 11 is 0. The molecule has 0 unspecified atom stereocenters. The average molecular weight is 326 g/mol. The molecule has 0 saturated heterocycles. The van der Waals surface area contributed by atoms with Gasteiger partial charge in [-0.1, -0.05) is 27.2 Å². The summed E-state index contributed by atoms with van der Waals surface area (Å²) in [5, 5.41) is 13.6. The second kappa shape index (κ2) is 7.84. The third-order valence-electron chi connectivity index (χ3n) is 5.62. The van der Waals surface area contributed by atoms with Crippen LogP contribution in [0.2, 0.25) is 0 Å². The highest BCUT2D eigenvalue weighted by Crippen LogP contribution is 2.49. The molecule has 4 atom stereocenters. The van der Waals surface area contributed by atoms with E-state index in [2.05, 4.69) is 39.9 Å². The van der Waals surface area contributed by atoms with Gasteiger partial charge in [0.25, 0.3) is 0 Å². The van der Waals surface area contributed by atoms with Gasteiger partial charge in [-0.2, -0.15) is 0 Å². The molecule has 2 saturated carbocycles. The Bertz CT molecular complexity index is 361. The summed E-state index contributed by atoms with van der Waals surface area (Å²) in [6.45, 7) is 13.1. The fourth-order valence-electron chi connectivity index (χ4n) is 5.03. The van der Waals surface area contributed by atoms with E-state index in [1.54, 1.807) is 0 Å².